The minimum atomic E-state index is -0.425. The highest BCUT2D eigenvalue weighted by Gasteiger charge is 2.21. The van der Waals surface area contributed by atoms with Gasteiger partial charge in [0.1, 0.15) is 6.29 Å². The lowest BCUT2D eigenvalue weighted by Gasteiger charge is -2.25. The molecule has 0 radical (unpaired) electrons. The van der Waals surface area contributed by atoms with Crippen molar-refractivity contribution in [3.63, 3.8) is 0 Å². The van der Waals surface area contributed by atoms with Gasteiger partial charge in [0.05, 0.1) is 0 Å². The Bertz CT molecular complexity index is 987. The highest BCUT2D eigenvalue weighted by molar-refractivity contribution is 8.03. The summed E-state index contributed by atoms with van der Waals surface area (Å²) in [6.07, 6.45) is 3.71. The molecule has 1 amide bonds. The molecule has 0 spiro atoms. The molecule has 1 aliphatic heterocycles. The number of carbonyl (C=O) groups is 3. The summed E-state index contributed by atoms with van der Waals surface area (Å²) >= 11 is 1.85. The molecule has 2 aromatic carbocycles. The molecular formula is C26H30N2O4S. The van der Waals surface area contributed by atoms with Crippen LogP contribution in [-0.2, 0) is 19.2 Å². The minimum absolute atomic E-state index is 0.0460. The van der Waals surface area contributed by atoms with E-state index in [1.807, 2.05) is 23.9 Å². The number of benzene rings is 2. The molecule has 0 unspecified atom stereocenters. The molecule has 1 N–H and O–H groups in total. The zero-order valence-electron chi connectivity index (χ0n) is 19.1. The number of allylic oxidation sites excluding steroid dienone is 1. The van der Waals surface area contributed by atoms with Gasteiger partial charge in [0.15, 0.2) is 0 Å². The molecule has 1 aliphatic rings. The van der Waals surface area contributed by atoms with Crippen LogP contribution >= 0.6 is 11.8 Å². The standard InChI is InChI=1S/C26H30N2O4S/c1-19(26-20-11-5-7-13-22(20)27-23-14-8-6-12-21(23)26)33-18-9-3-4-16-25(31)32-28(2)24(30)15-10-17-29/h5-8,11-14,17,27H,3-4,9-10,15-16,18H2,1-2H3. The third-order valence-corrected chi connectivity index (χ3v) is 6.55. The molecule has 0 saturated heterocycles. The van der Waals surface area contributed by atoms with Crippen LogP contribution in [0.25, 0.3) is 5.57 Å². The number of unbranched alkanes of at least 4 members (excludes halogenated alkanes) is 2. The predicted octanol–water partition coefficient (Wildman–Crippen LogP) is 5.71. The van der Waals surface area contributed by atoms with Crippen LogP contribution in [0.1, 0.15) is 56.6 Å². The molecule has 0 aliphatic carbocycles. The lowest BCUT2D eigenvalue weighted by molar-refractivity contribution is -0.192. The van der Waals surface area contributed by atoms with Crippen LogP contribution in [0, 0.1) is 0 Å². The van der Waals surface area contributed by atoms with Gasteiger partial charge in [-0.25, -0.2) is 4.79 Å². The average molecular weight is 467 g/mol. The topological polar surface area (TPSA) is 75.7 Å². The number of aldehydes is 1. The lowest BCUT2D eigenvalue weighted by atomic mass is 9.91. The first-order chi connectivity index (χ1) is 16.0. The fourth-order valence-electron chi connectivity index (χ4n) is 3.72. The fraction of sp³-hybridized carbons (Fsp3) is 0.346. The number of anilines is 2. The van der Waals surface area contributed by atoms with E-state index in [2.05, 4.69) is 48.6 Å². The number of hydroxylamine groups is 2. The van der Waals surface area contributed by atoms with Gasteiger partial charge in [0.25, 0.3) is 5.91 Å². The Morgan fingerprint density at radius 3 is 2.24 bits per heavy atom. The van der Waals surface area contributed by atoms with Gasteiger partial charge in [-0.05, 0) is 42.6 Å². The largest absolute Gasteiger partial charge is 0.355 e. The Labute approximate surface area is 199 Å². The van der Waals surface area contributed by atoms with E-state index < -0.39 is 5.97 Å². The Kier molecular flexibility index (Phi) is 9.13. The summed E-state index contributed by atoms with van der Waals surface area (Å²) in [7, 11) is 1.40. The second-order valence-corrected chi connectivity index (χ2v) is 9.18. The molecule has 6 nitrogen and oxygen atoms in total. The van der Waals surface area contributed by atoms with Crippen molar-refractivity contribution in [3.05, 3.63) is 64.6 Å². The molecule has 0 fully saturated rings. The van der Waals surface area contributed by atoms with E-state index in [4.69, 9.17) is 4.84 Å². The van der Waals surface area contributed by atoms with Gasteiger partial charge in [-0.1, -0.05) is 42.8 Å². The number of para-hydroxylation sites is 2. The molecule has 0 bridgehead atoms. The number of hydrogen-bond donors (Lipinski definition) is 1. The van der Waals surface area contributed by atoms with Crippen molar-refractivity contribution in [2.45, 2.75) is 45.4 Å². The molecule has 0 aromatic heterocycles. The summed E-state index contributed by atoms with van der Waals surface area (Å²) in [4.78, 5) is 40.2. The summed E-state index contributed by atoms with van der Waals surface area (Å²) in [6.45, 7) is 2.17. The van der Waals surface area contributed by atoms with Crippen molar-refractivity contribution in [2.75, 3.05) is 18.1 Å². The molecule has 0 atom stereocenters. The van der Waals surface area contributed by atoms with E-state index in [0.29, 0.717) is 12.7 Å². The summed E-state index contributed by atoms with van der Waals surface area (Å²) in [5.41, 5.74) is 5.96. The van der Waals surface area contributed by atoms with Crippen LogP contribution in [0.5, 0.6) is 0 Å². The Morgan fingerprint density at radius 2 is 1.61 bits per heavy atom. The smallest absolute Gasteiger partial charge is 0.332 e. The number of hydrogen-bond acceptors (Lipinski definition) is 6. The van der Waals surface area contributed by atoms with Gasteiger partial charge in [-0.15, -0.1) is 11.8 Å². The second-order valence-electron chi connectivity index (χ2n) is 7.87. The number of nitrogens with zero attached hydrogens (tertiary/aromatic N) is 1. The molecule has 3 rings (SSSR count). The Balaban J connectivity index is 1.47. The summed E-state index contributed by atoms with van der Waals surface area (Å²) < 4.78 is 0. The lowest BCUT2D eigenvalue weighted by Crippen LogP contribution is -2.29. The number of nitrogens with one attached hydrogen (secondary N) is 1. The maximum absolute atomic E-state index is 11.9. The zero-order chi connectivity index (χ0) is 23.6. The third-order valence-electron chi connectivity index (χ3n) is 5.42. The first-order valence-corrected chi connectivity index (χ1v) is 12.2. The zero-order valence-corrected chi connectivity index (χ0v) is 20.0. The molecule has 2 aromatic rings. The number of rotatable bonds is 10. The number of amides is 1. The van der Waals surface area contributed by atoms with E-state index in [9.17, 15) is 14.4 Å². The van der Waals surface area contributed by atoms with Crippen molar-refractivity contribution in [2.24, 2.45) is 0 Å². The van der Waals surface area contributed by atoms with Crippen LogP contribution in [0.4, 0.5) is 11.4 Å². The van der Waals surface area contributed by atoms with E-state index >= 15 is 0 Å². The van der Waals surface area contributed by atoms with Gasteiger partial charge in [0, 0.05) is 54.4 Å². The van der Waals surface area contributed by atoms with Crippen molar-refractivity contribution >= 4 is 46.9 Å². The van der Waals surface area contributed by atoms with Gasteiger partial charge >= 0.3 is 5.97 Å². The summed E-state index contributed by atoms with van der Waals surface area (Å²) in [5, 5.41) is 4.45. The summed E-state index contributed by atoms with van der Waals surface area (Å²) in [5.74, 6) is 0.161. The quantitative estimate of drug-likeness (QED) is 0.234. The summed E-state index contributed by atoms with van der Waals surface area (Å²) in [6, 6.07) is 16.8. The van der Waals surface area contributed by atoms with Crippen molar-refractivity contribution in [1.82, 2.24) is 5.06 Å². The molecule has 174 valence electrons. The van der Waals surface area contributed by atoms with Crippen molar-refractivity contribution in [3.8, 4) is 0 Å². The van der Waals surface area contributed by atoms with Crippen molar-refractivity contribution < 1.29 is 19.2 Å². The molecular weight excluding hydrogens is 436 g/mol. The first-order valence-electron chi connectivity index (χ1n) is 11.2. The Morgan fingerprint density at radius 1 is 0.970 bits per heavy atom. The highest BCUT2D eigenvalue weighted by Crippen LogP contribution is 2.44. The van der Waals surface area contributed by atoms with Crippen molar-refractivity contribution in [1.29, 1.82) is 0 Å². The van der Waals surface area contributed by atoms with Gasteiger partial charge in [-0.3, -0.25) is 4.79 Å². The molecule has 1 heterocycles. The van der Waals surface area contributed by atoms with Crippen LogP contribution in [0.2, 0.25) is 0 Å². The third kappa shape index (κ3) is 6.71. The maximum atomic E-state index is 11.9. The van der Waals surface area contributed by atoms with Crippen LogP contribution in [0.3, 0.4) is 0 Å². The highest BCUT2D eigenvalue weighted by atomic mass is 32.2. The maximum Gasteiger partial charge on any atom is 0.332 e. The fourth-order valence-corrected chi connectivity index (χ4v) is 4.74. The van der Waals surface area contributed by atoms with Gasteiger partial charge < -0.3 is 14.9 Å². The normalized spacial score (nSPS) is 11.6. The van der Waals surface area contributed by atoms with E-state index in [1.165, 1.54) is 28.7 Å². The molecule has 0 saturated carbocycles. The monoisotopic (exact) mass is 466 g/mol. The van der Waals surface area contributed by atoms with E-state index in [-0.39, 0.29) is 25.2 Å². The van der Waals surface area contributed by atoms with Crippen LogP contribution in [-0.4, -0.2) is 36.0 Å². The Hall–Kier alpha value is -3.06. The van der Waals surface area contributed by atoms with Gasteiger partial charge in [-0.2, -0.15) is 5.06 Å². The minimum Gasteiger partial charge on any atom is -0.355 e. The first kappa shape index (κ1) is 24.6. The second kappa shape index (κ2) is 12.3. The van der Waals surface area contributed by atoms with E-state index in [1.54, 1.807) is 0 Å². The van der Waals surface area contributed by atoms with Crippen LogP contribution < -0.4 is 5.32 Å². The van der Waals surface area contributed by atoms with E-state index in [0.717, 1.165) is 35.0 Å². The molecule has 7 heteroatoms. The van der Waals surface area contributed by atoms with Gasteiger partial charge in [0.2, 0.25) is 0 Å². The predicted molar refractivity (Wildman–Crippen MR) is 133 cm³/mol. The number of thioether (sulfide) groups is 1. The SMILES string of the molecule is CC(SCCCCCC(=O)ON(C)C(=O)CCC=O)=C1c2ccccc2Nc2ccccc21. The number of fused-ring (bicyclic) bond motifs is 2. The average Bonchev–Trinajstić information content (AvgIpc) is 2.82. The number of carbonyl (C=O) groups excluding carboxylic acids is 3. The van der Waals surface area contributed by atoms with Crippen LogP contribution in [0.15, 0.2) is 53.4 Å². The molecule has 33 heavy (non-hydrogen) atoms.